The van der Waals surface area contributed by atoms with Crippen molar-refractivity contribution in [3.63, 3.8) is 0 Å². The van der Waals surface area contributed by atoms with Crippen molar-refractivity contribution < 1.29 is 44.9 Å². The van der Waals surface area contributed by atoms with E-state index in [1.807, 2.05) is 6.92 Å². The van der Waals surface area contributed by atoms with Crippen molar-refractivity contribution in [2.75, 3.05) is 6.61 Å². The Labute approximate surface area is 230 Å². The fraction of sp³-hybridized carbons (Fsp3) is 0.600. The zero-order chi connectivity index (χ0) is 28.9. The molecule has 10 heteroatoms. The summed E-state index contributed by atoms with van der Waals surface area (Å²) in [6.45, 7) is 2.58. The average molecular weight is 577 g/mol. The lowest BCUT2D eigenvalue weighted by Gasteiger charge is -2.38. The summed E-state index contributed by atoms with van der Waals surface area (Å²) in [6, 6.07) is 7.57. The van der Waals surface area contributed by atoms with E-state index in [1.54, 1.807) is 0 Å². The van der Waals surface area contributed by atoms with Crippen molar-refractivity contribution in [1.82, 2.24) is 0 Å². The standard InChI is InChI=1S/C30H35F7O3/c1-2-3-16-38-24-14-10-23(11-15-24)29(33,34)39-25-12-8-20(9-13-25)19-4-6-21(7-5-19)22-17-26(31)28(27(32)18-22)40-30(35,36)37/h10-11,14-15,17-21,25H,2-9,12-13,16H2,1H3. The fourth-order valence-corrected chi connectivity index (χ4v) is 5.99. The van der Waals surface area contributed by atoms with Crippen LogP contribution in [0.15, 0.2) is 36.4 Å². The summed E-state index contributed by atoms with van der Waals surface area (Å²) in [7, 11) is 0. The van der Waals surface area contributed by atoms with Crippen LogP contribution >= 0.6 is 0 Å². The second kappa shape index (κ2) is 13.0. The van der Waals surface area contributed by atoms with Gasteiger partial charge in [-0.15, -0.1) is 13.2 Å². The third-order valence-corrected chi connectivity index (χ3v) is 8.14. The predicted octanol–water partition coefficient (Wildman–Crippen LogP) is 9.64. The lowest BCUT2D eigenvalue weighted by Crippen LogP contribution is -2.32. The van der Waals surface area contributed by atoms with E-state index in [0.29, 0.717) is 55.4 Å². The Morgan fingerprint density at radius 3 is 1.85 bits per heavy atom. The summed E-state index contributed by atoms with van der Waals surface area (Å²) in [4.78, 5) is 0. The van der Waals surface area contributed by atoms with Gasteiger partial charge in [-0.3, -0.25) is 0 Å². The first-order chi connectivity index (χ1) is 18.9. The van der Waals surface area contributed by atoms with E-state index in [2.05, 4.69) is 4.74 Å². The maximum atomic E-state index is 14.8. The Bertz CT molecular complexity index is 1060. The minimum Gasteiger partial charge on any atom is -0.494 e. The summed E-state index contributed by atoms with van der Waals surface area (Å²) >= 11 is 0. The molecule has 4 rings (SSSR count). The monoisotopic (exact) mass is 576 g/mol. The minimum atomic E-state index is -5.18. The molecule has 0 aliphatic heterocycles. The van der Waals surface area contributed by atoms with Gasteiger partial charge < -0.3 is 14.2 Å². The molecule has 2 saturated carbocycles. The van der Waals surface area contributed by atoms with Crippen LogP contribution in [-0.4, -0.2) is 19.1 Å². The third-order valence-electron chi connectivity index (χ3n) is 8.14. The maximum absolute atomic E-state index is 14.8. The smallest absolute Gasteiger partial charge is 0.494 e. The molecule has 222 valence electrons. The van der Waals surface area contributed by atoms with Gasteiger partial charge in [-0.1, -0.05) is 13.3 Å². The van der Waals surface area contributed by atoms with E-state index in [-0.39, 0.29) is 11.5 Å². The van der Waals surface area contributed by atoms with E-state index >= 15 is 0 Å². The van der Waals surface area contributed by atoms with Gasteiger partial charge in [-0.2, -0.15) is 8.78 Å². The van der Waals surface area contributed by atoms with Gasteiger partial charge in [0.05, 0.1) is 18.3 Å². The van der Waals surface area contributed by atoms with E-state index in [4.69, 9.17) is 9.47 Å². The van der Waals surface area contributed by atoms with Crippen molar-refractivity contribution in [1.29, 1.82) is 0 Å². The highest BCUT2D eigenvalue weighted by Gasteiger charge is 2.39. The van der Waals surface area contributed by atoms with E-state index in [0.717, 1.165) is 50.7 Å². The molecule has 0 heterocycles. The lowest BCUT2D eigenvalue weighted by atomic mass is 9.69. The van der Waals surface area contributed by atoms with Gasteiger partial charge >= 0.3 is 12.5 Å². The van der Waals surface area contributed by atoms with Crippen LogP contribution in [0.4, 0.5) is 30.7 Å². The first-order valence-electron chi connectivity index (χ1n) is 14.0. The summed E-state index contributed by atoms with van der Waals surface area (Å²) < 4.78 is 109. The molecule has 2 aromatic carbocycles. The van der Waals surface area contributed by atoms with Crippen LogP contribution in [0, 0.1) is 23.5 Å². The Kier molecular flexibility index (Phi) is 9.90. The molecule has 2 aromatic rings. The van der Waals surface area contributed by atoms with Crippen LogP contribution in [0.2, 0.25) is 0 Å². The predicted molar refractivity (Wildman–Crippen MR) is 135 cm³/mol. The lowest BCUT2D eigenvalue weighted by molar-refractivity contribution is -0.278. The second-order valence-corrected chi connectivity index (χ2v) is 10.9. The molecule has 0 atom stereocenters. The van der Waals surface area contributed by atoms with Gasteiger partial charge in [0.1, 0.15) is 5.75 Å². The molecule has 0 N–H and O–H groups in total. The molecule has 2 aliphatic rings. The third kappa shape index (κ3) is 8.04. The highest BCUT2D eigenvalue weighted by molar-refractivity contribution is 5.33. The molecule has 0 amide bonds. The molecule has 0 aromatic heterocycles. The first kappa shape index (κ1) is 30.5. The molecule has 0 radical (unpaired) electrons. The van der Waals surface area contributed by atoms with Crippen molar-refractivity contribution in [2.24, 2.45) is 11.8 Å². The van der Waals surface area contributed by atoms with Crippen molar-refractivity contribution in [2.45, 2.75) is 95.6 Å². The first-order valence-corrected chi connectivity index (χ1v) is 14.0. The van der Waals surface area contributed by atoms with Gasteiger partial charge in [-0.25, -0.2) is 8.78 Å². The number of alkyl halides is 5. The maximum Gasteiger partial charge on any atom is 0.573 e. The van der Waals surface area contributed by atoms with Gasteiger partial charge in [0.2, 0.25) is 5.75 Å². The highest BCUT2D eigenvalue weighted by Crippen LogP contribution is 2.45. The highest BCUT2D eigenvalue weighted by atomic mass is 19.4. The van der Waals surface area contributed by atoms with Crippen LogP contribution in [0.5, 0.6) is 11.5 Å². The van der Waals surface area contributed by atoms with Crippen LogP contribution in [-0.2, 0) is 10.8 Å². The summed E-state index contributed by atoms with van der Waals surface area (Å²) in [5.74, 6) is -3.09. The molecule has 0 unspecified atom stereocenters. The fourth-order valence-electron chi connectivity index (χ4n) is 5.99. The zero-order valence-electron chi connectivity index (χ0n) is 22.4. The van der Waals surface area contributed by atoms with E-state index in [9.17, 15) is 30.7 Å². The van der Waals surface area contributed by atoms with Crippen LogP contribution in [0.1, 0.15) is 88.2 Å². The number of rotatable bonds is 10. The number of ether oxygens (including phenoxy) is 3. The normalized spacial score (nSPS) is 24.1. The molecule has 3 nitrogen and oxygen atoms in total. The largest absolute Gasteiger partial charge is 0.573 e. The molecule has 0 bridgehead atoms. The summed E-state index contributed by atoms with van der Waals surface area (Å²) in [5.41, 5.74) is 0.115. The number of hydrogen-bond donors (Lipinski definition) is 0. The van der Waals surface area contributed by atoms with Gasteiger partial charge in [0.25, 0.3) is 0 Å². The Hall–Kier alpha value is -2.49. The van der Waals surface area contributed by atoms with E-state index in [1.165, 1.54) is 24.3 Å². The molecule has 0 spiro atoms. The quantitative estimate of drug-likeness (QED) is 0.208. The van der Waals surface area contributed by atoms with Crippen LogP contribution in [0.25, 0.3) is 0 Å². The number of unbranched alkanes of at least 4 members (excludes halogenated alkanes) is 1. The Morgan fingerprint density at radius 2 is 1.32 bits per heavy atom. The molecular weight excluding hydrogens is 541 g/mol. The van der Waals surface area contributed by atoms with Crippen molar-refractivity contribution >= 4 is 0 Å². The number of halogens is 7. The number of hydrogen-bond acceptors (Lipinski definition) is 3. The zero-order valence-corrected chi connectivity index (χ0v) is 22.4. The molecule has 40 heavy (non-hydrogen) atoms. The van der Waals surface area contributed by atoms with Crippen molar-refractivity contribution in [3.8, 4) is 11.5 Å². The Morgan fingerprint density at radius 1 is 0.775 bits per heavy atom. The second-order valence-electron chi connectivity index (χ2n) is 10.9. The summed E-state index contributed by atoms with van der Waals surface area (Å²) in [6.07, 6.45) is -1.80. The SMILES string of the molecule is CCCCOc1ccc(C(F)(F)OC2CCC(C3CCC(c4cc(F)c(OC(F)(F)F)c(F)c4)CC3)CC2)cc1. The van der Waals surface area contributed by atoms with Gasteiger partial charge in [-0.05, 0) is 118 Å². The summed E-state index contributed by atoms with van der Waals surface area (Å²) in [5, 5.41) is 0. The average Bonchev–Trinajstić information content (AvgIpc) is 2.91. The molecular formula is C30H35F7O3. The molecule has 2 aliphatic carbocycles. The number of benzene rings is 2. The topological polar surface area (TPSA) is 27.7 Å². The van der Waals surface area contributed by atoms with Crippen molar-refractivity contribution in [3.05, 3.63) is 59.2 Å². The van der Waals surface area contributed by atoms with Gasteiger partial charge in [0.15, 0.2) is 11.6 Å². The molecule has 2 fully saturated rings. The van der Waals surface area contributed by atoms with E-state index < -0.39 is 36.0 Å². The van der Waals surface area contributed by atoms with Crippen LogP contribution < -0.4 is 9.47 Å². The minimum absolute atomic E-state index is 0.165. The van der Waals surface area contributed by atoms with Crippen LogP contribution in [0.3, 0.4) is 0 Å². The Balaban J connectivity index is 1.24. The molecule has 0 saturated heterocycles. The van der Waals surface area contributed by atoms with Gasteiger partial charge in [0, 0.05) is 0 Å².